The van der Waals surface area contributed by atoms with Gasteiger partial charge in [0.1, 0.15) is 0 Å². The highest BCUT2D eigenvalue weighted by Crippen LogP contribution is 2.29. The van der Waals surface area contributed by atoms with Crippen LogP contribution in [0, 0.1) is 6.92 Å². The SMILES string of the molecule is Cc1c(-c2ccccc2N(N)Cc2ccccc2)[nH][nH]c1=O. The van der Waals surface area contributed by atoms with Gasteiger partial charge in [0.15, 0.2) is 0 Å². The van der Waals surface area contributed by atoms with Crippen molar-refractivity contribution >= 4 is 5.69 Å². The summed E-state index contributed by atoms with van der Waals surface area (Å²) in [5.74, 6) is 6.25. The van der Waals surface area contributed by atoms with Gasteiger partial charge < -0.3 is 5.01 Å². The minimum absolute atomic E-state index is 0.114. The zero-order chi connectivity index (χ0) is 15.5. The van der Waals surface area contributed by atoms with Gasteiger partial charge in [-0.2, -0.15) is 0 Å². The van der Waals surface area contributed by atoms with Crippen LogP contribution in [0.5, 0.6) is 0 Å². The second-order valence-electron chi connectivity index (χ2n) is 5.21. The predicted octanol–water partition coefficient (Wildman–Crippen LogP) is 2.56. The summed E-state index contributed by atoms with van der Waals surface area (Å²) in [5.41, 5.74) is 4.20. The van der Waals surface area contributed by atoms with E-state index in [9.17, 15) is 4.79 Å². The molecule has 0 aliphatic rings. The number of aromatic amines is 2. The predicted molar refractivity (Wildman–Crippen MR) is 88.4 cm³/mol. The molecule has 112 valence electrons. The van der Waals surface area contributed by atoms with E-state index in [-0.39, 0.29) is 5.56 Å². The summed E-state index contributed by atoms with van der Waals surface area (Å²) in [4.78, 5) is 11.7. The lowest BCUT2D eigenvalue weighted by Crippen LogP contribution is -2.30. The molecule has 0 amide bonds. The molecule has 0 fully saturated rings. The molecule has 0 aliphatic heterocycles. The Balaban J connectivity index is 1.98. The van der Waals surface area contributed by atoms with Gasteiger partial charge in [-0.15, -0.1) is 0 Å². The van der Waals surface area contributed by atoms with E-state index in [1.165, 1.54) is 0 Å². The van der Waals surface area contributed by atoms with Gasteiger partial charge in [-0.1, -0.05) is 48.5 Å². The summed E-state index contributed by atoms with van der Waals surface area (Å²) in [5, 5.41) is 7.23. The Morgan fingerprint density at radius 2 is 1.68 bits per heavy atom. The fraction of sp³-hybridized carbons (Fsp3) is 0.118. The first-order valence-electron chi connectivity index (χ1n) is 7.09. The van der Waals surface area contributed by atoms with Gasteiger partial charge in [-0.25, -0.2) is 5.84 Å². The molecule has 5 heteroatoms. The standard InChI is InChI=1S/C17H18N4O/c1-12-16(19-20-17(12)22)14-9-5-6-10-15(14)21(18)11-13-7-3-2-4-8-13/h2-10H,11,18H2,1H3,(H2,19,20,22). The van der Waals surface area contributed by atoms with Crippen molar-refractivity contribution in [1.29, 1.82) is 0 Å². The first-order valence-corrected chi connectivity index (χ1v) is 7.09. The van der Waals surface area contributed by atoms with E-state index in [1.807, 2.05) is 54.6 Å². The number of hydrogen-bond acceptors (Lipinski definition) is 3. The molecule has 5 nitrogen and oxygen atoms in total. The molecule has 0 atom stereocenters. The van der Waals surface area contributed by atoms with Gasteiger partial charge in [0.05, 0.1) is 17.9 Å². The molecule has 3 rings (SSSR count). The first kappa shape index (κ1) is 14.2. The molecule has 0 spiro atoms. The molecule has 0 aliphatic carbocycles. The molecule has 0 saturated heterocycles. The van der Waals surface area contributed by atoms with Crippen molar-refractivity contribution in [3.05, 3.63) is 76.1 Å². The van der Waals surface area contributed by atoms with Crippen LogP contribution < -0.4 is 16.4 Å². The van der Waals surface area contributed by atoms with Crippen molar-refractivity contribution in [2.45, 2.75) is 13.5 Å². The Kier molecular flexibility index (Phi) is 3.80. The summed E-state index contributed by atoms with van der Waals surface area (Å²) >= 11 is 0. The van der Waals surface area contributed by atoms with E-state index < -0.39 is 0 Å². The Morgan fingerprint density at radius 3 is 2.36 bits per heavy atom. The van der Waals surface area contributed by atoms with E-state index in [4.69, 9.17) is 5.84 Å². The van der Waals surface area contributed by atoms with Crippen LogP contribution in [0.2, 0.25) is 0 Å². The number of nitrogens with two attached hydrogens (primary N) is 1. The van der Waals surface area contributed by atoms with Gasteiger partial charge in [0.25, 0.3) is 5.56 Å². The minimum Gasteiger partial charge on any atom is -0.306 e. The number of hydrazine groups is 1. The summed E-state index contributed by atoms with van der Waals surface area (Å²) in [6.45, 7) is 2.38. The molecule has 1 aromatic heterocycles. The summed E-state index contributed by atoms with van der Waals surface area (Å²) in [7, 11) is 0. The average Bonchev–Trinajstić information content (AvgIpc) is 2.88. The van der Waals surface area contributed by atoms with Crippen LogP contribution in [0.4, 0.5) is 5.69 Å². The lowest BCUT2D eigenvalue weighted by Gasteiger charge is -2.21. The lowest BCUT2D eigenvalue weighted by atomic mass is 10.1. The van der Waals surface area contributed by atoms with Crippen LogP contribution in [-0.4, -0.2) is 10.2 Å². The maximum atomic E-state index is 11.7. The molecule has 0 unspecified atom stereocenters. The lowest BCUT2D eigenvalue weighted by molar-refractivity contribution is 0.853. The van der Waals surface area contributed by atoms with Crippen molar-refractivity contribution in [1.82, 2.24) is 10.2 Å². The number of aromatic nitrogens is 2. The number of nitrogens with one attached hydrogen (secondary N) is 2. The fourth-order valence-corrected chi connectivity index (χ4v) is 2.49. The van der Waals surface area contributed by atoms with Gasteiger partial charge in [-0.3, -0.25) is 15.0 Å². The highest BCUT2D eigenvalue weighted by atomic mass is 16.1. The fourth-order valence-electron chi connectivity index (χ4n) is 2.49. The van der Waals surface area contributed by atoms with Gasteiger partial charge in [0.2, 0.25) is 0 Å². The summed E-state index contributed by atoms with van der Waals surface area (Å²) < 4.78 is 0. The summed E-state index contributed by atoms with van der Waals surface area (Å²) in [6, 6.07) is 17.8. The normalized spacial score (nSPS) is 10.6. The number of benzene rings is 2. The number of hydrogen-bond donors (Lipinski definition) is 3. The molecular weight excluding hydrogens is 276 g/mol. The van der Waals surface area contributed by atoms with E-state index in [2.05, 4.69) is 10.2 Å². The molecule has 2 aromatic carbocycles. The van der Waals surface area contributed by atoms with Crippen LogP contribution in [0.3, 0.4) is 0 Å². The smallest absolute Gasteiger partial charge is 0.267 e. The monoisotopic (exact) mass is 294 g/mol. The Hall–Kier alpha value is -2.79. The summed E-state index contributed by atoms with van der Waals surface area (Å²) in [6.07, 6.45) is 0. The van der Waals surface area contributed by atoms with E-state index in [0.717, 1.165) is 22.5 Å². The van der Waals surface area contributed by atoms with Crippen LogP contribution in [0.1, 0.15) is 11.1 Å². The van der Waals surface area contributed by atoms with Crippen molar-refractivity contribution < 1.29 is 0 Å². The molecule has 4 N–H and O–H groups in total. The molecule has 22 heavy (non-hydrogen) atoms. The highest BCUT2D eigenvalue weighted by molar-refractivity contribution is 5.77. The Morgan fingerprint density at radius 1 is 1.00 bits per heavy atom. The number of para-hydroxylation sites is 1. The first-order chi connectivity index (χ1) is 10.7. The average molecular weight is 294 g/mol. The van der Waals surface area contributed by atoms with E-state index >= 15 is 0 Å². The second-order valence-corrected chi connectivity index (χ2v) is 5.21. The minimum atomic E-state index is -0.114. The maximum Gasteiger partial charge on any atom is 0.267 e. The van der Waals surface area contributed by atoms with Crippen LogP contribution in [0.25, 0.3) is 11.3 Å². The van der Waals surface area contributed by atoms with Crippen molar-refractivity contribution in [3.63, 3.8) is 0 Å². The third-order valence-corrected chi connectivity index (χ3v) is 3.70. The zero-order valence-corrected chi connectivity index (χ0v) is 12.3. The highest BCUT2D eigenvalue weighted by Gasteiger charge is 2.14. The Labute approximate surface area is 128 Å². The van der Waals surface area contributed by atoms with E-state index in [1.54, 1.807) is 11.9 Å². The number of H-pyrrole nitrogens is 2. The number of nitrogens with zero attached hydrogens (tertiary/aromatic N) is 1. The van der Waals surface area contributed by atoms with Crippen LogP contribution >= 0.6 is 0 Å². The number of anilines is 1. The maximum absolute atomic E-state index is 11.7. The molecule has 0 saturated carbocycles. The van der Waals surface area contributed by atoms with Crippen molar-refractivity contribution in [2.24, 2.45) is 5.84 Å². The quantitative estimate of drug-likeness (QED) is 0.511. The third-order valence-electron chi connectivity index (χ3n) is 3.70. The van der Waals surface area contributed by atoms with Gasteiger partial charge >= 0.3 is 0 Å². The molecule has 1 heterocycles. The Bertz CT molecular complexity index is 820. The van der Waals surface area contributed by atoms with Gasteiger partial charge in [0, 0.05) is 11.1 Å². The molecule has 3 aromatic rings. The molecule has 0 bridgehead atoms. The zero-order valence-electron chi connectivity index (χ0n) is 12.3. The molecule has 0 radical (unpaired) electrons. The second kappa shape index (κ2) is 5.91. The van der Waals surface area contributed by atoms with E-state index in [0.29, 0.717) is 12.1 Å². The largest absolute Gasteiger partial charge is 0.306 e. The molecular formula is C17H18N4O. The van der Waals surface area contributed by atoms with Crippen molar-refractivity contribution in [3.8, 4) is 11.3 Å². The third kappa shape index (κ3) is 2.66. The van der Waals surface area contributed by atoms with Gasteiger partial charge in [-0.05, 0) is 18.6 Å². The topological polar surface area (TPSA) is 77.9 Å². The number of rotatable bonds is 4. The van der Waals surface area contributed by atoms with Crippen molar-refractivity contribution in [2.75, 3.05) is 5.01 Å². The van der Waals surface area contributed by atoms with Crippen LogP contribution in [0.15, 0.2) is 59.4 Å². The van der Waals surface area contributed by atoms with Crippen LogP contribution in [-0.2, 0) is 6.54 Å².